The van der Waals surface area contributed by atoms with Gasteiger partial charge in [-0.05, 0) is 63.2 Å². The van der Waals surface area contributed by atoms with Crippen LogP contribution >= 0.6 is 12.2 Å². The zero-order valence-corrected chi connectivity index (χ0v) is 16.5. The molecule has 0 aromatic heterocycles. The molecule has 0 amide bonds. The fraction of sp³-hybridized carbons (Fsp3) is 0.300. The number of nitrogens with zero attached hydrogens (tertiary/aromatic N) is 2. The van der Waals surface area contributed by atoms with E-state index in [4.69, 9.17) is 12.2 Å². The molecule has 0 saturated heterocycles. The molecule has 0 heterocycles. The number of phenols is 1. The number of phenolic OH excluding ortho intramolecular Hbond substituents is 1. The summed E-state index contributed by atoms with van der Waals surface area (Å²) in [6.45, 7) is 10.0. The molecular formula is C20H26N4OS. The molecular weight excluding hydrogens is 344 g/mol. The van der Waals surface area contributed by atoms with Gasteiger partial charge in [-0.15, -0.1) is 0 Å². The third-order valence-corrected chi connectivity index (χ3v) is 4.43. The van der Waals surface area contributed by atoms with Crippen molar-refractivity contribution in [2.24, 2.45) is 5.10 Å². The molecule has 3 N–H and O–H groups in total. The van der Waals surface area contributed by atoms with Crippen molar-refractivity contribution in [1.82, 2.24) is 5.43 Å². The number of para-hydroxylation sites is 1. The van der Waals surface area contributed by atoms with Crippen LogP contribution in [0, 0.1) is 13.8 Å². The van der Waals surface area contributed by atoms with E-state index in [2.05, 4.69) is 34.6 Å². The van der Waals surface area contributed by atoms with Gasteiger partial charge in [0.15, 0.2) is 5.11 Å². The van der Waals surface area contributed by atoms with Crippen molar-refractivity contribution >= 4 is 34.9 Å². The van der Waals surface area contributed by atoms with Crippen molar-refractivity contribution in [2.75, 3.05) is 23.3 Å². The van der Waals surface area contributed by atoms with Gasteiger partial charge in [-0.3, -0.25) is 5.43 Å². The average Bonchev–Trinajstić information content (AvgIpc) is 2.61. The fourth-order valence-corrected chi connectivity index (χ4v) is 2.90. The number of hydrogen-bond donors (Lipinski definition) is 3. The Balaban J connectivity index is 2.01. The Morgan fingerprint density at radius 3 is 2.38 bits per heavy atom. The second-order valence-electron chi connectivity index (χ2n) is 6.01. The Morgan fingerprint density at radius 1 is 1.15 bits per heavy atom. The highest BCUT2D eigenvalue weighted by atomic mass is 32.1. The molecule has 0 atom stereocenters. The summed E-state index contributed by atoms with van der Waals surface area (Å²) in [7, 11) is 0. The molecule has 0 fully saturated rings. The van der Waals surface area contributed by atoms with Crippen LogP contribution in [0.4, 0.5) is 11.4 Å². The monoisotopic (exact) mass is 370 g/mol. The highest BCUT2D eigenvalue weighted by Crippen LogP contribution is 2.23. The van der Waals surface area contributed by atoms with E-state index in [-0.39, 0.29) is 5.75 Å². The lowest BCUT2D eigenvalue weighted by atomic mass is 10.1. The molecule has 0 aliphatic rings. The molecule has 0 saturated carbocycles. The molecule has 0 bridgehead atoms. The van der Waals surface area contributed by atoms with Crippen LogP contribution < -0.4 is 15.6 Å². The van der Waals surface area contributed by atoms with Gasteiger partial charge in [0.1, 0.15) is 5.75 Å². The van der Waals surface area contributed by atoms with Crippen LogP contribution in [0.15, 0.2) is 41.5 Å². The summed E-state index contributed by atoms with van der Waals surface area (Å²) in [4.78, 5) is 2.17. The molecule has 5 nitrogen and oxygen atoms in total. The number of hydrogen-bond acceptors (Lipinski definition) is 4. The lowest BCUT2D eigenvalue weighted by molar-refractivity contribution is 0.474. The van der Waals surface area contributed by atoms with Crippen LogP contribution in [0.25, 0.3) is 0 Å². The minimum Gasteiger partial charge on any atom is -0.507 e. The van der Waals surface area contributed by atoms with Gasteiger partial charge in [-0.1, -0.05) is 18.2 Å². The molecule has 26 heavy (non-hydrogen) atoms. The van der Waals surface area contributed by atoms with Crippen molar-refractivity contribution in [3.05, 3.63) is 53.1 Å². The van der Waals surface area contributed by atoms with Crippen LogP contribution in [0.3, 0.4) is 0 Å². The number of hydrazone groups is 1. The first-order valence-electron chi connectivity index (χ1n) is 8.70. The largest absolute Gasteiger partial charge is 0.507 e. The highest BCUT2D eigenvalue weighted by Gasteiger charge is 2.06. The summed E-state index contributed by atoms with van der Waals surface area (Å²) in [6.07, 6.45) is 1.56. The van der Waals surface area contributed by atoms with E-state index in [1.165, 1.54) is 0 Å². The fourth-order valence-electron chi connectivity index (χ4n) is 2.74. The molecule has 138 valence electrons. The number of anilines is 2. The van der Waals surface area contributed by atoms with Gasteiger partial charge in [-0.25, -0.2) is 0 Å². The normalized spacial score (nSPS) is 10.8. The van der Waals surface area contributed by atoms with Gasteiger partial charge in [0.2, 0.25) is 0 Å². The van der Waals surface area contributed by atoms with Gasteiger partial charge in [0.05, 0.1) is 6.21 Å². The predicted octanol–water partition coefficient (Wildman–Crippen LogP) is 4.18. The summed E-state index contributed by atoms with van der Waals surface area (Å²) in [6, 6.07) is 11.6. The summed E-state index contributed by atoms with van der Waals surface area (Å²) < 4.78 is 0. The number of rotatable bonds is 6. The molecule has 2 aromatic carbocycles. The smallest absolute Gasteiger partial charge is 0.191 e. The van der Waals surface area contributed by atoms with Crippen LogP contribution in [-0.4, -0.2) is 29.5 Å². The van der Waals surface area contributed by atoms with Crippen LogP contribution in [0.2, 0.25) is 0 Å². The number of aromatic hydroxyl groups is 1. The highest BCUT2D eigenvalue weighted by molar-refractivity contribution is 7.80. The van der Waals surface area contributed by atoms with E-state index in [1.807, 2.05) is 44.2 Å². The lowest BCUT2D eigenvalue weighted by Gasteiger charge is -2.21. The third kappa shape index (κ3) is 4.95. The molecule has 2 aromatic rings. The minimum absolute atomic E-state index is 0.188. The maximum Gasteiger partial charge on any atom is 0.191 e. The van der Waals surface area contributed by atoms with Crippen LogP contribution in [0.1, 0.15) is 30.5 Å². The number of aryl methyl sites for hydroxylation is 2. The average molecular weight is 371 g/mol. The molecule has 2 rings (SSSR count). The molecule has 0 spiro atoms. The second kappa shape index (κ2) is 9.20. The summed E-state index contributed by atoms with van der Waals surface area (Å²) in [5.41, 5.74) is 7.61. The summed E-state index contributed by atoms with van der Waals surface area (Å²) in [5.74, 6) is 0.188. The quantitative estimate of drug-likeness (QED) is 0.405. The van der Waals surface area contributed by atoms with Gasteiger partial charge in [-0.2, -0.15) is 5.10 Å². The van der Waals surface area contributed by atoms with Crippen molar-refractivity contribution in [3.8, 4) is 5.75 Å². The Hall–Kier alpha value is -2.60. The molecule has 0 unspecified atom stereocenters. The zero-order valence-electron chi connectivity index (χ0n) is 15.7. The van der Waals surface area contributed by atoms with E-state index in [1.54, 1.807) is 12.3 Å². The zero-order chi connectivity index (χ0) is 19.1. The summed E-state index contributed by atoms with van der Waals surface area (Å²) in [5, 5.41) is 17.9. The summed E-state index contributed by atoms with van der Waals surface area (Å²) >= 11 is 5.28. The van der Waals surface area contributed by atoms with Crippen molar-refractivity contribution in [3.63, 3.8) is 0 Å². The van der Waals surface area contributed by atoms with Crippen molar-refractivity contribution in [2.45, 2.75) is 27.7 Å². The SMILES string of the molecule is CCN(CC)c1ccc(/C=N/NC(=S)Nc2c(C)cccc2C)c(O)c1. The van der Waals surface area contributed by atoms with Gasteiger partial charge < -0.3 is 15.3 Å². The lowest BCUT2D eigenvalue weighted by Crippen LogP contribution is -2.24. The van der Waals surface area contributed by atoms with Gasteiger partial charge >= 0.3 is 0 Å². The Bertz CT molecular complexity index is 780. The molecule has 0 aliphatic carbocycles. The Labute approximate surface area is 160 Å². The van der Waals surface area contributed by atoms with E-state index >= 15 is 0 Å². The van der Waals surface area contributed by atoms with Crippen molar-refractivity contribution in [1.29, 1.82) is 0 Å². The first-order chi connectivity index (χ1) is 12.5. The standard InChI is InChI=1S/C20H26N4OS/c1-5-24(6-2)17-11-10-16(18(25)12-17)13-21-23-20(26)22-19-14(3)8-7-9-15(19)4/h7-13,25H,5-6H2,1-4H3,(H2,22,23,26)/b21-13+. The number of thiocarbonyl (C=S) groups is 1. The minimum atomic E-state index is 0.188. The van der Waals surface area contributed by atoms with E-state index in [9.17, 15) is 5.11 Å². The Morgan fingerprint density at radius 2 is 1.81 bits per heavy atom. The maximum absolute atomic E-state index is 10.2. The third-order valence-electron chi connectivity index (χ3n) is 4.23. The van der Waals surface area contributed by atoms with Crippen molar-refractivity contribution < 1.29 is 5.11 Å². The van der Waals surface area contributed by atoms with E-state index < -0.39 is 0 Å². The molecule has 0 aliphatic heterocycles. The first-order valence-corrected chi connectivity index (χ1v) is 9.11. The van der Waals surface area contributed by atoms with Crippen LogP contribution in [0.5, 0.6) is 5.75 Å². The van der Waals surface area contributed by atoms with Gasteiger partial charge in [0, 0.05) is 36.1 Å². The van der Waals surface area contributed by atoms with Crippen LogP contribution in [-0.2, 0) is 0 Å². The van der Waals surface area contributed by atoms with E-state index in [0.29, 0.717) is 10.7 Å². The first kappa shape index (κ1) is 19.7. The number of benzene rings is 2. The predicted molar refractivity (Wildman–Crippen MR) is 115 cm³/mol. The topological polar surface area (TPSA) is 59.9 Å². The number of nitrogens with one attached hydrogen (secondary N) is 2. The van der Waals surface area contributed by atoms with Gasteiger partial charge in [0.25, 0.3) is 0 Å². The van der Waals surface area contributed by atoms with E-state index in [0.717, 1.165) is 35.6 Å². The molecule has 0 radical (unpaired) electrons. The maximum atomic E-state index is 10.2. The second-order valence-corrected chi connectivity index (χ2v) is 6.41. The molecule has 6 heteroatoms. The Kier molecular flexibility index (Phi) is 6.97.